The fourth-order valence-corrected chi connectivity index (χ4v) is 2.11. The van der Waals surface area contributed by atoms with Gasteiger partial charge in [0.1, 0.15) is 5.70 Å². The normalized spacial score (nSPS) is 11.2. The zero-order valence-electron chi connectivity index (χ0n) is 14.2. The van der Waals surface area contributed by atoms with Gasteiger partial charge in [0.25, 0.3) is 11.8 Å². The minimum Gasteiger partial charge on any atom is -0.349 e. The molecule has 0 unspecified atom stereocenters. The van der Waals surface area contributed by atoms with E-state index < -0.39 is 0 Å². The summed E-state index contributed by atoms with van der Waals surface area (Å²) in [6.45, 7) is 5.71. The molecule has 2 amide bonds. The highest BCUT2D eigenvalue weighted by molar-refractivity contribution is 6.05. The maximum atomic E-state index is 12.4. The summed E-state index contributed by atoms with van der Waals surface area (Å²) in [7, 11) is 0. The van der Waals surface area contributed by atoms with Crippen LogP contribution < -0.4 is 10.6 Å². The second-order valence-electron chi connectivity index (χ2n) is 5.92. The van der Waals surface area contributed by atoms with Gasteiger partial charge in [-0.1, -0.05) is 48.0 Å². The van der Waals surface area contributed by atoms with Crippen molar-refractivity contribution in [3.63, 3.8) is 0 Å². The highest BCUT2D eigenvalue weighted by Gasteiger charge is 2.15. The Morgan fingerprint density at radius 3 is 2.17 bits per heavy atom. The van der Waals surface area contributed by atoms with Gasteiger partial charge in [-0.3, -0.25) is 9.59 Å². The predicted molar refractivity (Wildman–Crippen MR) is 96.3 cm³/mol. The first-order valence-corrected chi connectivity index (χ1v) is 7.91. The first-order chi connectivity index (χ1) is 11.5. The van der Waals surface area contributed by atoms with E-state index in [1.807, 2.05) is 63.2 Å². The van der Waals surface area contributed by atoms with Crippen molar-refractivity contribution in [3.8, 4) is 0 Å². The van der Waals surface area contributed by atoms with Gasteiger partial charge >= 0.3 is 0 Å². The lowest BCUT2D eigenvalue weighted by molar-refractivity contribution is -0.118. The van der Waals surface area contributed by atoms with Gasteiger partial charge in [0.15, 0.2) is 0 Å². The minimum atomic E-state index is -0.311. The SMILES string of the molecule is Cc1ccc(C(=O)N/C(=C\c2ccccc2)C(=O)NC(C)C)cc1. The van der Waals surface area contributed by atoms with Crippen molar-refractivity contribution < 1.29 is 9.59 Å². The van der Waals surface area contributed by atoms with Crippen LogP contribution in [0, 0.1) is 6.92 Å². The lowest BCUT2D eigenvalue weighted by Crippen LogP contribution is -2.38. The van der Waals surface area contributed by atoms with Crippen molar-refractivity contribution >= 4 is 17.9 Å². The standard InChI is InChI=1S/C20H22N2O2/c1-14(2)21-20(24)18(13-16-7-5-4-6-8-16)22-19(23)17-11-9-15(3)10-12-17/h4-14H,1-3H3,(H,21,24)(H,22,23)/b18-13-. The Morgan fingerprint density at radius 2 is 1.58 bits per heavy atom. The van der Waals surface area contributed by atoms with E-state index in [1.165, 1.54) is 0 Å². The van der Waals surface area contributed by atoms with Crippen LogP contribution in [-0.4, -0.2) is 17.9 Å². The molecule has 2 rings (SSSR count). The van der Waals surface area contributed by atoms with Crippen molar-refractivity contribution in [3.05, 3.63) is 77.0 Å². The molecule has 0 radical (unpaired) electrons. The minimum absolute atomic E-state index is 0.0204. The molecule has 0 heterocycles. The van der Waals surface area contributed by atoms with Crippen LogP contribution in [0.25, 0.3) is 6.08 Å². The number of benzene rings is 2. The van der Waals surface area contributed by atoms with Gasteiger partial charge in [0.2, 0.25) is 0 Å². The lowest BCUT2D eigenvalue weighted by atomic mass is 10.1. The van der Waals surface area contributed by atoms with E-state index in [0.717, 1.165) is 11.1 Å². The number of nitrogens with one attached hydrogen (secondary N) is 2. The van der Waals surface area contributed by atoms with Crippen molar-refractivity contribution in [2.75, 3.05) is 0 Å². The summed E-state index contributed by atoms with van der Waals surface area (Å²) in [5.41, 5.74) is 2.65. The number of rotatable bonds is 5. The number of hydrogen-bond donors (Lipinski definition) is 2. The zero-order chi connectivity index (χ0) is 17.5. The fourth-order valence-electron chi connectivity index (χ4n) is 2.11. The molecule has 0 fully saturated rings. The van der Waals surface area contributed by atoms with Crippen molar-refractivity contribution in [2.24, 2.45) is 0 Å². The molecule has 0 bridgehead atoms. The summed E-state index contributed by atoms with van der Waals surface area (Å²) in [6.07, 6.45) is 1.67. The van der Waals surface area contributed by atoms with E-state index in [9.17, 15) is 9.59 Å². The zero-order valence-corrected chi connectivity index (χ0v) is 14.2. The number of amides is 2. The van der Waals surface area contributed by atoms with E-state index in [2.05, 4.69) is 10.6 Å². The van der Waals surface area contributed by atoms with Gasteiger partial charge in [0, 0.05) is 11.6 Å². The molecule has 0 spiro atoms. The van der Waals surface area contributed by atoms with Gasteiger partial charge in [-0.05, 0) is 44.5 Å². The molecule has 124 valence electrons. The van der Waals surface area contributed by atoms with Crippen molar-refractivity contribution in [1.82, 2.24) is 10.6 Å². The number of carbonyl (C=O) groups excluding carboxylic acids is 2. The summed E-state index contributed by atoms with van der Waals surface area (Å²) in [5, 5.41) is 5.52. The highest BCUT2D eigenvalue weighted by Crippen LogP contribution is 2.08. The van der Waals surface area contributed by atoms with Crippen LogP contribution in [-0.2, 0) is 4.79 Å². The maximum Gasteiger partial charge on any atom is 0.268 e. The van der Waals surface area contributed by atoms with Crippen molar-refractivity contribution in [1.29, 1.82) is 0 Å². The summed E-state index contributed by atoms with van der Waals surface area (Å²) >= 11 is 0. The average Bonchev–Trinajstić information content (AvgIpc) is 2.55. The third-order valence-electron chi connectivity index (χ3n) is 3.34. The average molecular weight is 322 g/mol. The van der Waals surface area contributed by atoms with Crippen LogP contribution in [0.5, 0.6) is 0 Å². The summed E-state index contributed by atoms with van der Waals surface area (Å²) < 4.78 is 0. The number of hydrogen-bond acceptors (Lipinski definition) is 2. The van der Waals surface area contributed by atoms with E-state index >= 15 is 0 Å². The molecule has 0 aliphatic rings. The first kappa shape index (κ1) is 17.5. The van der Waals surface area contributed by atoms with Crippen LogP contribution in [0.3, 0.4) is 0 Å². The van der Waals surface area contributed by atoms with Gasteiger partial charge in [-0.25, -0.2) is 0 Å². The lowest BCUT2D eigenvalue weighted by Gasteiger charge is -2.13. The van der Waals surface area contributed by atoms with Crippen LogP contribution >= 0.6 is 0 Å². The second kappa shape index (κ2) is 8.11. The highest BCUT2D eigenvalue weighted by atomic mass is 16.2. The monoisotopic (exact) mass is 322 g/mol. The molecule has 4 nitrogen and oxygen atoms in total. The summed E-state index contributed by atoms with van der Waals surface area (Å²) in [5.74, 6) is -0.620. The Bertz CT molecular complexity index is 732. The molecule has 0 atom stereocenters. The molecular formula is C20H22N2O2. The van der Waals surface area contributed by atoms with E-state index in [-0.39, 0.29) is 23.6 Å². The fraction of sp³-hybridized carbons (Fsp3) is 0.200. The predicted octanol–water partition coefficient (Wildman–Crippen LogP) is 3.29. The number of aryl methyl sites for hydroxylation is 1. The Hall–Kier alpha value is -2.88. The van der Waals surface area contributed by atoms with Gasteiger partial charge in [-0.15, -0.1) is 0 Å². The van der Waals surface area contributed by atoms with Crippen LogP contribution in [0.1, 0.15) is 35.3 Å². The smallest absolute Gasteiger partial charge is 0.268 e. The largest absolute Gasteiger partial charge is 0.349 e. The first-order valence-electron chi connectivity index (χ1n) is 7.91. The summed E-state index contributed by atoms with van der Waals surface area (Å²) in [6, 6.07) is 16.6. The molecule has 4 heteroatoms. The molecule has 0 aromatic heterocycles. The Kier molecular flexibility index (Phi) is 5.90. The van der Waals surface area contributed by atoms with E-state index in [4.69, 9.17) is 0 Å². The second-order valence-corrected chi connectivity index (χ2v) is 5.92. The molecule has 24 heavy (non-hydrogen) atoms. The molecule has 0 aliphatic carbocycles. The molecular weight excluding hydrogens is 300 g/mol. The molecule has 0 saturated heterocycles. The quantitative estimate of drug-likeness (QED) is 0.830. The van der Waals surface area contributed by atoms with Gasteiger partial charge in [0.05, 0.1) is 0 Å². The molecule has 0 aliphatic heterocycles. The van der Waals surface area contributed by atoms with Crippen LogP contribution in [0.4, 0.5) is 0 Å². The Balaban J connectivity index is 2.25. The van der Waals surface area contributed by atoms with E-state index in [0.29, 0.717) is 5.56 Å². The molecule has 2 aromatic rings. The number of carbonyl (C=O) groups is 2. The Morgan fingerprint density at radius 1 is 0.958 bits per heavy atom. The summed E-state index contributed by atoms with van der Waals surface area (Å²) in [4.78, 5) is 24.8. The van der Waals surface area contributed by atoms with Crippen LogP contribution in [0.15, 0.2) is 60.3 Å². The Labute approximate surface area is 142 Å². The molecule has 2 aromatic carbocycles. The maximum absolute atomic E-state index is 12.4. The van der Waals surface area contributed by atoms with Gasteiger partial charge in [-0.2, -0.15) is 0 Å². The van der Waals surface area contributed by atoms with Crippen LogP contribution in [0.2, 0.25) is 0 Å². The van der Waals surface area contributed by atoms with E-state index in [1.54, 1.807) is 18.2 Å². The topological polar surface area (TPSA) is 58.2 Å². The third-order valence-corrected chi connectivity index (χ3v) is 3.34. The molecule has 0 saturated carbocycles. The third kappa shape index (κ3) is 5.09. The van der Waals surface area contributed by atoms with Gasteiger partial charge < -0.3 is 10.6 Å². The van der Waals surface area contributed by atoms with Crippen molar-refractivity contribution in [2.45, 2.75) is 26.8 Å². The molecule has 2 N–H and O–H groups in total.